The van der Waals surface area contributed by atoms with Crippen LogP contribution in [0.1, 0.15) is 5.56 Å². The molecule has 3 rings (SSSR count). The average Bonchev–Trinajstić information content (AvgIpc) is 2.67. The SMILES string of the molecule is C1=CC=C(c2cccc3ncccc23)NN=C1. The van der Waals surface area contributed by atoms with E-state index in [2.05, 4.69) is 27.6 Å². The van der Waals surface area contributed by atoms with Gasteiger partial charge in [-0.25, -0.2) is 0 Å². The Bertz CT molecular complexity index is 633. The number of benzene rings is 1. The number of hydrogen-bond acceptors (Lipinski definition) is 3. The molecule has 1 aliphatic rings. The summed E-state index contributed by atoms with van der Waals surface area (Å²) in [6, 6.07) is 10.1. The van der Waals surface area contributed by atoms with Crippen molar-refractivity contribution in [2.45, 2.75) is 0 Å². The molecule has 3 nitrogen and oxygen atoms in total. The van der Waals surface area contributed by atoms with Crippen LogP contribution in [0.2, 0.25) is 0 Å². The quantitative estimate of drug-likeness (QED) is 0.804. The van der Waals surface area contributed by atoms with E-state index >= 15 is 0 Å². The van der Waals surface area contributed by atoms with E-state index in [1.807, 2.05) is 36.4 Å². The van der Waals surface area contributed by atoms with Crippen LogP contribution in [0.5, 0.6) is 0 Å². The van der Waals surface area contributed by atoms with Crippen molar-refractivity contribution in [3.8, 4) is 0 Å². The van der Waals surface area contributed by atoms with Gasteiger partial charge in [-0.2, -0.15) is 5.10 Å². The minimum Gasteiger partial charge on any atom is -0.278 e. The Balaban J connectivity index is 2.20. The van der Waals surface area contributed by atoms with E-state index in [4.69, 9.17) is 0 Å². The lowest BCUT2D eigenvalue weighted by atomic mass is 10.1. The first-order valence-electron chi connectivity index (χ1n) is 5.45. The summed E-state index contributed by atoms with van der Waals surface area (Å²) in [6.07, 6.45) is 9.40. The van der Waals surface area contributed by atoms with Gasteiger partial charge in [-0.3, -0.25) is 10.4 Å². The number of allylic oxidation sites excluding steroid dienone is 3. The summed E-state index contributed by atoms with van der Waals surface area (Å²) in [6.45, 7) is 0. The normalized spacial score (nSPS) is 14.2. The summed E-state index contributed by atoms with van der Waals surface area (Å²) in [5.41, 5.74) is 6.11. The average molecular weight is 221 g/mol. The third-order valence-corrected chi connectivity index (χ3v) is 2.66. The van der Waals surface area contributed by atoms with Crippen molar-refractivity contribution in [3.63, 3.8) is 0 Å². The van der Waals surface area contributed by atoms with E-state index in [-0.39, 0.29) is 0 Å². The number of hydrazone groups is 1. The maximum atomic E-state index is 4.35. The molecule has 0 radical (unpaired) electrons. The Labute approximate surface area is 99.2 Å². The molecule has 0 saturated carbocycles. The fourth-order valence-electron chi connectivity index (χ4n) is 1.88. The molecule has 0 saturated heterocycles. The van der Waals surface area contributed by atoms with Gasteiger partial charge in [-0.05, 0) is 24.3 Å². The Kier molecular flexibility index (Phi) is 2.43. The second-order valence-electron chi connectivity index (χ2n) is 3.73. The second-order valence-corrected chi connectivity index (χ2v) is 3.73. The highest BCUT2D eigenvalue weighted by Gasteiger charge is 2.05. The highest BCUT2D eigenvalue weighted by Crippen LogP contribution is 2.22. The van der Waals surface area contributed by atoms with Crippen LogP contribution < -0.4 is 5.43 Å². The molecule has 1 aliphatic heterocycles. The molecule has 0 fully saturated rings. The topological polar surface area (TPSA) is 37.3 Å². The maximum absolute atomic E-state index is 4.35. The van der Waals surface area contributed by atoms with Crippen LogP contribution in [0, 0.1) is 0 Å². The molecule has 2 aromatic rings. The largest absolute Gasteiger partial charge is 0.278 e. The number of fused-ring (bicyclic) bond motifs is 1. The van der Waals surface area contributed by atoms with Crippen molar-refractivity contribution in [3.05, 3.63) is 60.3 Å². The number of nitrogens with one attached hydrogen (secondary N) is 1. The molecule has 0 unspecified atom stereocenters. The van der Waals surface area contributed by atoms with Crippen LogP contribution in [0.4, 0.5) is 0 Å². The van der Waals surface area contributed by atoms with Crippen LogP contribution in [0.15, 0.2) is 59.9 Å². The lowest BCUT2D eigenvalue weighted by molar-refractivity contribution is 1.01. The van der Waals surface area contributed by atoms with E-state index in [1.165, 1.54) is 0 Å². The molecule has 1 aromatic heterocycles. The predicted molar refractivity (Wildman–Crippen MR) is 70.5 cm³/mol. The maximum Gasteiger partial charge on any atom is 0.0708 e. The second kappa shape index (κ2) is 4.22. The van der Waals surface area contributed by atoms with Gasteiger partial charge in [0, 0.05) is 23.4 Å². The summed E-state index contributed by atoms with van der Waals surface area (Å²) in [7, 11) is 0. The lowest BCUT2D eigenvalue weighted by Gasteiger charge is -2.08. The van der Waals surface area contributed by atoms with Crippen LogP contribution in [-0.2, 0) is 0 Å². The Morgan fingerprint density at radius 2 is 2.00 bits per heavy atom. The predicted octanol–water partition coefficient (Wildman–Crippen LogP) is 2.72. The van der Waals surface area contributed by atoms with Gasteiger partial charge in [0.1, 0.15) is 0 Å². The fourth-order valence-corrected chi connectivity index (χ4v) is 1.88. The number of nitrogens with zero attached hydrogens (tertiary/aromatic N) is 2. The summed E-state index contributed by atoms with van der Waals surface area (Å²) in [5, 5.41) is 5.21. The Hall–Kier alpha value is -2.42. The lowest BCUT2D eigenvalue weighted by Crippen LogP contribution is -2.03. The fraction of sp³-hybridized carbons (Fsp3) is 0. The van der Waals surface area contributed by atoms with Crippen molar-refractivity contribution in [2.75, 3.05) is 0 Å². The van der Waals surface area contributed by atoms with Gasteiger partial charge in [0.15, 0.2) is 0 Å². The molecule has 1 aromatic carbocycles. The van der Waals surface area contributed by atoms with Gasteiger partial charge in [-0.1, -0.05) is 24.3 Å². The molecule has 0 atom stereocenters. The Morgan fingerprint density at radius 3 is 3.00 bits per heavy atom. The smallest absolute Gasteiger partial charge is 0.0708 e. The van der Waals surface area contributed by atoms with E-state index in [9.17, 15) is 0 Å². The third kappa shape index (κ3) is 1.83. The molecule has 17 heavy (non-hydrogen) atoms. The number of aromatic nitrogens is 1. The van der Waals surface area contributed by atoms with Crippen LogP contribution in [-0.4, -0.2) is 11.2 Å². The molecule has 0 spiro atoms. The minimum absolute atomic E-state index is 0.980. The monoisotopic (exact) mass is 221 g/mol. The highest BCUT2D eigenvalue weighted by atomic mass is 15.3. The molecular formula is C14H11N3. The van der Waals surface area contributed by atoms with Gasteiger partial charge >= 0.3 is 0 Å². The zero-order valence-corrected chi connectivity index (χ0v) is 9.17. The highest BCUT2D eigenvalue weighted by molar-refractivity contribution is 5.92. The molecule has 82 valence electrons. The summed E-state index contributed by atoms with van der Waals surface area (Å²) in [4.78, 5) is 4.35. The number of rotatable bonds is 1. The summed E-state index contributed by atoms with van der Waals surface area (Å²) in [5.74, 6) is 0. The van der Waals surface area contributed by atoms with Crippen molar-refractivity contribution in [1.29, 1.82) is 0 Å². The van der Waals surface area contributed by atoms with Gasteiger partial charge < -0.3 is 0 Å². The molecule has 2 heterocycles. The molecule has 0 amide bonds. The summed E-state index contributed by atoms with van der Waals surface area (Å²) < 4.78 is 0. The van der Waals surface area contributed by atoms with Crippen molar-refractivity contribution in [2.24, 2.45) is 5.10 Å². The first-order chi connectivity index (χ1) is 8.45. The summed E-state index contributed by atoms with van der Waals surface area (Å²) >= 11 is 0. The van der Waals surface area contributed by atoms with E-state index < -0.39 is 0 Å². The molecule has 3 heteroatoms. The van der Waals surface area contributed by atoms with E-state index in [1.54, 1.807) is 12.4 Å². The van der Waals surface area contributed by atoms with E-state index in [0.29, 0.717) is 0 Å². The third-order valence-electron chi connectivity index (χ3n) is 2.66. The van der Waals surface area contributed by atoms with Crippen molar-refractivity contribution in [1.82, 2.24) is 10.4 Å². The van der Waals surface area contributed by atoms with E-state index in [0.717, 1.165) is 22.2 Å². The zero-order valence-electron chi connectivity index (χ0n) is 9.17. The van der Waals surface area contributed by atoms with Gasteiger partial charge in [-0.15, -0.1) is 0 Å². The van der Waals surface area contributed by atoms with Crippen LogP contribution in [0.3, 0.4) is 0 Å². The van der Waals surface area contributed by atoms with Crippen LogP contribution >= 0.6 is 0 Å². The standard InChI is InChI=1S/C14H11N3/c1-2-10-16-17-14(7-1)12-5-3-8-13-11(12)6-4-9-15-13/h1-10,17H. The van der Waals surface area contributed by atoms with Crippen LogP contribution in [0.25, 0.3) is 16.6 Å². The van der Waals surface area contributed by atoms with Gasteiger partial charge in [0.2, 0.25) is 0 Å². The van der Waals surface area contributed by atoms with Gasteiger partial charge in [0.25, 0.3) is 0 Å². The zero-order chi connectivity index (χ0) is 11.5. The van der Waals surface area contributed by atoms with Crippen molar-refractivity contribution >= 4 is 22.8 Å². The first kappa shape index (κ1) is 9.78. The Morgan fingerprint density at radius 1 is 1.00 bits per heavy atom. The molecule has 1 N–H and O–H groups in total. The number of pyridine rings is 1. The first-order valence-corrected chi connectivity index (χ1v) is 5.45. The minimum atomic E-state index is 0.980. The number of hydrogen-bond donors (Lipinski definition) is 1. The molecule has 0 bridgehead atoms. The van der Waals surface area contributed by atoms with Crippen molar-refractivity contribution < 1.29 is 0 Å². The molecule has 0 aliphatic carbocycles. The molecular weight excluding hydrogens is 210 g/mol. The van der Waals surface area contributed by atoms with Gasteiger partial charge in [0.05, 0.1) is 11.2 Å².